The Balaban J connectivity index is 1.56. The second-order valence-electron chi connectivity index (χ2n) is 7.08. The summed E-state index contributed by atoms with van der Waals surface area (Å²) in [5, 5.41) is 14.1. The van der Waals surface area contributed by atoms with Crippen LogP contribution in [0, 0.1) is 12.7 Å². The van der Waals surface area contributed by atoms with Gasteiger partial charge in [0.2, 0.25) is 11.0 Å². The number of para-hydroxylation sites is 1. The molecule has 0 unspecified atom stereocenters. The van der Waals surface area contributed by atoms with Crippen LogP contribution in [-0.2, 0) is 4.79 Å². The number of nitrogens with zero attached hydrogens (tertiary/aromatic N) is 2. The average molecular weight is 481 g/mol. The molecule has 0 saturated heterocycles. The summed E-state index contributed by atoms with van der Waals surface area (Å²) >= 11 is 2.53. The Labute approximate surface area is 199 Å². The quantitative estimate of drug-likeness (QED) is 0.292. The van der Waals surface area contributed by atoms with Crippen LogP contribution in [0.2, 0.25) is 0 Å². The molecule has 33 heavy (non-hydrogen) atoms. The van der Waals surface area contributed by atoms with Gasteiger partial charge in [0, 0.05) is 0 Å². The molecule has 4 rings (SSSR count). The Morgan fingerprint density at radius 3 is 2.55 bits per heavy atom. The summed E-state index contributed by atoms with van der Waals surface area (Å²) < 4.78 is 19.9. The number of anilines is 3. The molecule has 0 aliphatic carbocycles. The molecule has 168 valence electrons. The number of aryl methyl sites for hydroxylation is 1. The molecule has 0 aliphatic rings. The summed E-state index contributed by atoms with van der Waals surface area (Å²) in [6.07, 6.45) is 0. The molecule has 0 radical (unpaired) electrons. The molecule has 1 heterocycles. The molecule has 9 heteroatoms. The number of benzene rings is 3. The van der Waals surface area contributed by atoms with Crippen LogP contribution in [0.15, 0.2) is 77.1 Å². The second kappa shape index (κ2) is 10.5. The molecule has 0 saturated carbocycles. The molecule has 4 aromatic rings. The molecular weight excluding hydrogens is 459 g/mol. The smallest absolute Gasteiger partial charge is 0.242 e. The van der Waals surface area contributed by atoms with Crippen molar-refractivity contribution < 1.29 is 13.9 Å². The number of hydrogen-bond acceptors (Lipinski definition) is 7. The van der Waals surface area contributed by atoms with Crippen LogP contribution in [-0.4, -0.2) is 23.2 Å². The lowest BCUT2D eigenvalue weighted by Gasteiger charge is -2.17. The van der Waals surface area contributed by atoms with E-state index in [2.05, 4.69) is 20.8 Å². The van der Waals surface area contributed by atoms with Crippen molar-refractivity contribution in [3.8, 4) is 5.75 Å². The fraction of sp³-hybridized carbons (Fsp3) is 0.125. The Bertz CT molecular complexity index is 1250. The Hall–Kier alpha value is -3.43. The van der Waals surface area contributed by atoms with E-state index < -0.39 is 5.25 Å². The minimum Gasteiger partial charge on any atom is -0.495 e. The predicted molar refractivity (Wildman–Crippen MR) is 131 cm³/mol. The number of nitrogens with one attached hydrogen (secondary N) is 2. The van der Waals surface area contributed by atoms with Crippen molar-refractivity contribution in [2.24, 2.45) is 0 Å². The van der Waals surface area contributed by atoms with Gasteiger partial charge in [-0.3, -0.25) is 4.79 Å². The van der Waals surface area contributed by atoms with Gasteiger partial charge >= 0.3 is 0 Å². The third-order valence-corrected chi connectivity index (χ3v) is 6.87. The first-order chi connectivity index (χ1) is 16.0. The SMILES string of the molecule is COc1ccc(C)cc1NC(=O)[C@H](Sc1nnc(Nc2ccccc2F)s1)c1ccccc1. The number of aromatic nitrogens is 2. The van der Waals surface area contributed by atoms with Crippen LogP contribution in [0.1, 0.15) is 16.4 Å². The number of methoxy groups -OCH3 is 1. The van der Waals surface area contributed by atoms with Crippen LogP contribution >= 0.6 is 23.1 Å². The standard InChI is InChI=1S/C24H21FN4O2S2/c1-15-12-13-20(31-2)19(14-15)26-22(30)21(16-8-4-3-5-9-16)32-24-29-28-23(33-24)27-18-11-7-6-10-17(18)25/h3-14,21H,1-2H3,(H,26,30)(H,27,28)/t21-/m1/s1. The van der Waals surface area contributed by atoms with E-state index in [9.17, 15) is 9.18 Å². The first-order valence-corrected chi connectivity index (χ1v) is 11.8. The highest BCUT2D eigenvalue weighted by Crippen LogP contribution is 2.39. The highest BCUT2D eigenvalue weighted by Gasteiger charge is 2.25. The minimum atomic E-state index is -0.578. The Morgan fingerprint density at radius 2 is 1.79 bits per heavy atom. The van der Waals surface area contributed by atoms with Gasteiger partial charge in [0.15, 0.2) is 4.34 Å². The van der Waals surface area contributed by atoms with Crippen molar-refractivity contribution in [1.82, 2.24) is 10.2 Å². The van der Waals surface area contributed by atoms with Gasteiger partial charge in [-0.1, -0.05) is 71.6 Å². The number of thioether (sulfide) groups is 1. The molecule has 2 N–H and O–H groups in total. The molecule has 3 aromatic carbocycles. The number of halogens is 1. The van der Waals surface area contributed by atoms with Gasteiger partial charge in [-0.15, -0.1) is 10.2 Å². The van der Waals surface area contributed by atoms with E-state index in [4.69, 9.17) is 4.74 Å². The molecule has 1 aromatic heterocycles. The third kappa shape index (κ3) is 5.68. The zero-order chi connectivity index (χ0) is 23.2. The van der Waals surface area contributed by atoms with E-state index in [0.717, 1.165) is 11.1 Å². The maximum Gasteiger partial charge on any atom is 0.242 e. The molecule has 1 amide bonds. The summed E-state index contributed by atoms with van der Waals surface area (Å²) in [6, 6.07) is 21.4. The van der Waals surface area contributed by atoms with E-state index in [0.29, 0.717) is 26.6 Å². The van der Waals surface area contributed by atoms with Crippen molar-refractivity contribution in [3.63, 3.8) is 0 Å². The van der Waals surface area contributed by atoms with Crippen molar-refractivity contribution in [1.29, 1.82) is 0 Å². The predicted octanol–water partition coefficient (Wildman–Crippen LogP) is 6.21. The van der Waals surface area contributed by atoms with Crippen LogP contribution in [0.5, 0.6) is 5.75 Å². The van der Waals surface area contributed by atoms with Gasteiger partial charge in [0.05, 0.1) is 18.5 Å². The number of carbonyl (C=O) groups excluding carboxylic acids is 1. The largest absolute Gasteiger partial charge is 0.495 e. The highest BCUT2D eigenvalue weighted by atomic mass is 32.2. The first kappa shape index (κ1) is 22.8. The number of carbonyl (C=O) groups is 1. The van der Waals surface area contributed by atoms with Gasteiger partial charge in [0.25, 0.3) is 0 Å². The van der Waals surface area contributed by atoms with Gasteiger partial charge < -0.3 is 15.4 Å². The molecular formula is C24H21FN4O2S2. The van der Waals surface area contributed by atoms with E-state index in [1.165, 1.54) is 29.2 Å². The Kier molecular flexibility index (Phi) is 7.21. The lowest BCUT2D eigenvalue weighted by atomic mass is 10.1. The van der Waals surface area contributed by atoms with Crippen LogP contribution < -0.4 is 15.4 Å². The normalized spacial score (nSPS) is 11.6. The lowest BCUT2D eigenvalue weighted by molar-refractivity contribution is -0.115. The zero-order valence-electron chi connectivity index (χ0n) is 17.9. The molecule has 1 atom stereocenters. The summed E-state index contributed by atoms with van der Waals surface area (Å²) in [7, 11) is 1.56. The number of hydrogen-bond donors (Lipinski definition) is 2. The molecule has 0 bridgehead atoms. The van der Waals surface area contributed by atoms with E-state index in [-0.39, 0.29) is 11.7 Å². The van der Waals surface area contributed by atoms with E-state index in [1.807, 2.05) is 55.5 Å². The zero-order valence-corrected chi connectivity index (χ0v) is 19.5. The minimum absolute atomic E-state index is 0.214. The summed E-state index contributed by atoms with van der Waals surface area (Å²) in [5.41, 5.74) is 2.74. The van der Waals surface area contributed by atoms with E-state index >= 15 is 0 Å². The topological polar surface area (TPSA) is 76.1 Å². The van der Waals surface area contributed by atoms with Gasteiger partial charge in [-0.2, -0.15) is 0 Å². The summed E-state index contributed by atoms with van der Waals surface area (Å²) in [4.78, 5) is 13.3. The lowest BCUT2D eigenvalue weighted by Crippen LogP contribution is -2.19. The first-order valence-electron chi connectivity index (χ1n) is 10.1. The summed E-state index contributed by atoms with van der Waals surface area (Å²) in [5.74, 6) is -0.0116. The third-order valence-electron chi connectivity index (χ3n) is 4.69. The fourth-order valence-corrected chi connectivity index (χ4v) is 5.06. The highest BCUT2D eigenvalue weighted by molar-refractivity contribution is 8.02. The maximum atomic E-state index is 13.9. The van der Waals surface area contributed by atoms with Crippen molar-refractivity contribution in [3.05, 3.63) is 89.7 Å². The fourth-order valence-electron chi connectivity index (χ4n) is 3.11. The molecule has 6 nitrogen and oxygen atoms in total. The number of ether oxygens (including phenoxy) is 1. The maximum absolute atomic E-state index is 13.9. The van der Waals surface area contributed by atoms with Crippen LogP contribution in [0.25, 0.3) is 0 Å². The van der Waals surface area contributed by atoms with Crippen molar-refractivity contribution in [2.75, 3.05) is 17.7 Å². The van der Waals surface area contributed by atoms with Gasteiger partial charge in [0.1, 0.15) is 16.8 Å². The molecule has 0 aliphatic heterocycles. The average Bonchev–Trinajstić information content (AvgIpc) is 3.27. The van der Waals surface area contributed by atoms with Crippen molar-refractivity contribution >= 4 is 45.5 Å². The molecule has 0 spiro atoms. The summed E-state index contributed by atoms with van der Waals surface area (Å²) in [6.45, 7) is 1.95. The van der Waals surface area contributed by atoms with Crippen LogP contribution in [0.4, 0.5) is 20.9 Å². The number of rotatable bonds is 8. The van der Waals surface area contributed by atoms with E-state index in [1.54, 1.807) is 25.3 Å². The number of amides is 1. The van der Waals surface area contributed by atoms with Gasteiger partial charge in [-0.25, -0.2) is 4.39 Å². The van der Waals surface area contributed by atoms with Crippen LogP contribution in [0.3, 0.4) is 0 Å². The molecule has 0 fully saturated rings. The Morgan fingerprint density at radius 1 is 1.03 bits per heavy atom. The van der Waals surface area contributed by atoms with Crippen molar-refractivity contribution in [2.45, 2.75) is 16.5 Å². The van der Waals surface area contributed by atoms with Gasteiger partial charge in [-0.05, 0) is 42.3 Å². The second-order valence-corrected chi connectivity index (χ2v) is 9.41. The monoisotopic (exact) mass is 480 g/mol.